The van der Waals surface area contributed by atoms with E-state index in [1.807, 2.05) is 30.3 Å². The van der Waals surface area contributed by atoms with Gasteiger partial charge in [0.1, 0.15) is 0 Å². The maximum Gasteiger partial charge on any atom is 0.0916 e. The average molecular weight is 288 g/mol. The monoisotopic (exact) mass is 288 g/mol. The Labute approximate surface area is 124 Å². The molecule has 4 heteroatoms. The molecule has 1 aliphatic heterocycles. The quantitative estimate of drug-likeness (QED) is 0.937. The van der Waals surface area contributed by atoms with Crippen molar-refractivity contribution in [2.24, 2.45) is 0 Å². The molecule has 0 spiro atoms. The van der Waals surface area contributed by atoms with Crippen LogP contribution in [0.15, 0.2) is 47.8 Å². The van der Waals surface area contributed by atoms with E-state index >= 15 is 0 Å². The van der Waals surface area contributed by atoms with Gasteiger partial charge in [-0.15, -0.1) is 11.3 Å². The molecule has 1 saturated heterocycles. The van der Waals surface area contributed by atoms with Crippen LogP contribution in [0, 0.1) is 0 Å². The highest BCUT2D eigenvalue weighted by molar-refractivity contribution is 7.14. The minimum atomic E-state index is -0.385. The summed E-state index contributed by atoms with van der Waals surface area (Å²) in [5.74, 6) is 0. The fourth-order valence-corrected chi connectivity index (χ4v) is 3.41. The number of aliphatic hydroxyl groups excluding tert-OH is 1. The number of aliphatic hydroxyl groups is 1. The molecule has 0 bridgehead atoms. The summed E-state index contributed by atoms with van der Waals surface area (Å²) in [6.45, 7) is 4.84. The number of piperazine rings is 1. The molecule has 0 aliphatic carbocycles. The van der Waals surface area contributed by atoms with E-state index in [4.69, 9.17) is 0 Å². The zero-order chi connectivity index (χ0) is 13.8. The van der Waals surface area contributed by atoms with Gasteiger partial charge in [0.2, 0.25) is 0 Å². The predicted molar refractivity (Wildman–Crippen MR) is 84.4 cm³/mol. The first-order valence-electron chi connectivity index (χ1n) is 7.07. The third-order valence-electron chi connectivity index (χ3n) is 3.81. The molecule has 3 nitrogen and oxygen atoms in total. The minimum Gasteiger partial charge on any atom is -0.387 e. The molecule has 3 rings (SSSR count). The molecule has 0 saturated carbocycles. The van der Waals surface area contributed by atoms with Gasteiger partial charge in [0.15, 0.2) is 0 Å². The van der Waals surface area contributed by atoms with E-state index < -0.39 is 0 Å². The molecule has 2 aromatic rings. The van der Waals surface area contributed by atoms with Crippen molar-refractivity contribution in [1.82, 2.24) is 4.90 Å². The number of β-amino-alcohol motifs (C(OH)–C–C–N with tert-alkyl or cyclic N) is 1. The molecule has 1 unspecified atom stereocenters. The summed E-state index contributed by atoms with van der Waals surface area (Å²) in [6, 6.07) is 14.2. The summed E-state index contributed by atoms with van der Waals surface area (Å²) < 4.78 is 0. The molecule has 0 amide bonds. The van der Waals surface area contributed by atoms with Gasteiger partial charge in [-0.25, -0.2) is 0 Å². The molecule has 1 fully saturated rings. The van der Waals surface area contributed by atoms with E-state index in [9.17, 15) is 5.11 Å². The van der Waals surface area contributed by atoms with Gasteiger partial charge in [0.25, 0.3) is 0 Å². The number of thiophene rings is 1. The molecule has 2 heterocycles. The molecule has 1 aliphatic rings. The Balaban J connectivity index is 1.51. The fraction of sp³-hybridized carbons (Fsp3) is 0.375. The lowest BCUT2D eigenvalue weighted by molar-refractivity contribution is 0.109. The van der Waals surface area contributed by atoms with Crippen LogP contribution in [-0.4, -0.2) is 42.7 Å². The standard InChI is InChI=1S/C16H20N2OS/c19-15(14-5-2-1-3-6-14)13-17-8-10-18(11-9-17)16-7-4-12-20-16/h1-7,12,15,19H,8-11,13H2. The molecule has 1 N–H and O–H groups in total. The average Bonchev–Trinajstić information content (AvgIpc) is 3.03. The van der Waals surface area contributed by atoms with E-state index in [-0.39, 0.29) is 6.10 Å². The summed E-state index contributed by atoms with van der Waals surface area (Å²) >= 11 is 1.80. The van der Waals surface area contributed by atoms with E-state index in [0.717, 1.165) is 38.3 Å². The Kier molecular flexibility index (Phi) is 4.35. The van der Waals surface area contributed by atoms with Gasteiger partial charge >= 0.3 is 0 Å². The molecule has 1 aromatic heterocycles. The molecular formula is C16H20N2OS. The van der Waals surface area contributed by atoms with Gasteiger partial charge in [-0.05, 0) is 23.1 Å². The van der Waals surface area contributed by atoms with Crippen molar-refractivity contribution >= 4 is 16.3 Å². The van der Waals surface area contributed by atoms with Crippen molar-refractivity contribution in [3.8, 4) is 0 Å². The number of anilines is 1. The van der Waals surface area contributed by atoms with E-state index in [0.29, 0.717) is 0 Å². The molecule has 1 atom stereocenters. The molecule has 20 heavy (non-hydrogen) atoms. The van der Waals surface area contributed by atoms with Crippen LogP contribution in [-0.2, 0) is 0 Å². The van der Waals surface area contributed by atoms with E-state index in [1.165, 1.54) is 5.00 Å². The van der Waals surface area contributed by atoms with Crippen molar-refractivity contribution < 1.29 is 5.11 Å². The normalized spacial score (nSPS) is 18.1. The third-order valence-corrected chi connectivity index (χ3v) is 4.73. The Morgan fingerprint density at radius 1 is 1.00 bits per heavy atom. The minimum absolute atomic E-state index is 0.385. The van der Waals surface area contributed by atoms with Crippen molar-refractivity contribution in [3.63, 3.8) is 0 Å². The Bertz CT molecular complexity index is 507. The van der Waals surface area contributed by atoms with Gasteiger partial charge in [-0.2, -0.15) is 0 Å². The second-order valence-electron chi connectivity index (χ2n) is 5.17. The first kappa shape index (κ1) is 13.6. The largest absolute Gasteiger partial charge is 0.387 e. The number of hydrogen-bond donors (Lipinski definition) is 1. The van der Waals surface area contributed by atoms with Crippen LogP contribution in [0.4, 0.5) is 5.00 Å². The summed E-state index contributed by atoms with van der Waals surface area (Å²) in [5, 5.41) is 13.8. The predicted octanol–water partition coefficient (Wildman–Crippen LogP) is 2.60. The number of benzene rings is 1. The smallest absolute Gasteiger partial charge is 0.0916 e. The number of rotatable bonds is 4. The fourth-order valence-electron chi connectivity index (χ4n) is 2.63. The topological polar surface area (TPSA) is 26.7 Å². The van der Waals surface area contributed by atoms with Crippen LogP contribution < -0.4 is 4.90 Å². The zero-order valence-corrected chi connectivity index (χ0v) is 12.3. The summed E-state index contributed by atoms with van der Waals surface area (Å²) in [7, 11) is 0. The van der Waals surface area contributed by atoms with Crippen molar-refractivity contribution in [2.45, 2.75) is 6.10 Å². The van der Waals surface area contributed by atoms with Crippen LogP contribution in [0.1, 0.15) is 11.7 Å². The van der Waals surface area contributed by atoms with Gasteiger partial charge < -0.3 is 10.0 Å². The Morgan fingerprint density at radius 3 is 2.40 bits per heavy atom. The molecule has 1 aromatic carbocycles. The second-order valence-corrected chi connectivity index (χ2v) is 6.09. The lowest BCUT2D eigenvalue weighted by Gasteiger charge is -2.36. The highest BCUT2D eigenvalue weighted by atomic mass is 32.1. The first-order chi connectivity index (χ1) is 9.83. The summed E-state index contributed by atoms with van der Waals surface area (Å²) in [5.41, 5.74) is 1.01. The van der Waals surface area contributed by atoms with Crippen LogP contribution >= 0.6 is 11.3 Å². The summed E-state index contributed by atoms with van der Waals surface area (Å²) in [6.07, 6.45) is -0.385. The Hall–Kier alpha value is -1.36. The maximum atomic E-state index is 10.3. The lowest BCUT2D eigenvalue weighted by Crippen LogP contribution is -2.47. The zero-order valence-electron chi connectivity index (χ0n) is 11.5. The van der Waals surface area contributed by atoms with Crippen molar-refractivity contribution in [3.05, 3.63) is 53.4 Å². The van der Waals surface area contributed by atoms with E-state index in [1.54, 1.807) is 11.3 Å². The van der Waals surface area contributed by atoms with Crippen molar-refractivity contribution in [1.29, 1.82) is 0 Å². The SMILES string of the molecule is OC(CN1CCN(c2cccs2)CC1)c1ccccc1. The van der Waals surface area contributed by atoms with Crippen LogP contribution in [0.3, 0.4) is 0 Å². The third kappa shape index (κ3) is 3.20. The number of hydrogen-bond acceptors (Lipinski definition) is 4. The highest BCUT2D eigenvalue weighted by Gasteiger charge is 2.20. The lowest BCUT2D eigenvalue weighted by atomic mass is 10.1. The second kappa shape index (κ2) is 6.39. The molecule has 0 radical (unpaired) electrons. The van der Waals surface area contributed by atoms with Crippen molar-refractivity contribution in [2.75, 3.05) is 37.6 Å². The number of nitrogens with zero attached hydrogens (tertiary/aromatic N) is 2. The summed E-state index contributed by atoms with van der Waals surface area (Å²) in [4.78, 5) is 4.78. The molecular weight excluding hydrogens is 268 g/mol. The van der Waals surface area contributed by atoms with Gasteiger partial charge in [-0.1, -0.05) is 30.3 Å². The molecule has 106 valence electrons. The van der Waals surface area contributed by atoms with E-state index in [2.05, 4.69) is 27.3 Å². The Morgan fingerprint density at radius 2 is 1.75 bits per heavy atom. The van der Waals surface area contributed by atoms with Crippen LogP contribution in [0.25, 0.3) is 0 Å². The highest BCUT2D eigenvalue weighted by Crippen LogP contribution is 2.23. The maximum absolute atomic E-state index is 10.3. The van der Waals surface area contributed by atoms with Gasteiger partial charge in [-0.3, -0.25) is 4.90 Å². The van der Waals surface area contributed by atoms with Crippen LogP contribution in [0.2, 0.25) is 0 Å². The van der Waals surface area contributed by atoms with Gasteiger partial charge in [0.05, 0.1) is 11.1 Å². The van der Waals surface area contributed by atoms with Gasteiger partial charge in [0, 0.05) is 32.7 Å². The van der Waals surface area contributed by atoms with Crippen LogP contribution in [0.5, 0.6) is 0 Å². The first-order valence-corrected chi connectivity index (χ1v) is 7.95.